The van der Waals surface area contributed by atoms with Gasteiger partial charge < -0.3 is 0 Å². The SMILES string of the molecule is Cc1nc2ccccc2c(=O)n1NC(=O)c1cc(F)c(F)cc1Cl. The van der Waals surface area contributed by atoms with E-state index in [1.165, 1.54) is 6.92 Å². The predicted molar refractivity (Wildman–Crippen MR) is 85.8 cm³/mol. The molecule has 0 radical (unpaired) electrons. The molecule has 0 bridgehead atoms. The van der Waals surface area contributed by atoms with E-state index in [1.54, 1.807) is 24.3 Å². The normalized spacial score (nSPS) is 10.8. The van der Waals surface area contributed by atoms with Crippen molar-refractivity contribution in [2.75, 3.05) is 5.43 Å². The molecule has 1 heterocycles. The van der Waals surface area contributed by atoms with E-state index >= 15 is 0 Å². The van der Waals surface area contributed by atoms with Gasteiger partial charge in [-0.15, -0.1) is 0 Å². The van der Waals surface area contributed by atoms with Crippen LogP contribution in [0, 0.1) is 18.6 Å². The molecule has 0 saturated heterocycles. The Morgan fingerprint density at radius 1 is 1.21 bits per heavy atom. The first kappa shape index (κ1) is 16.1. The highest BCUT2D eigenvalue weighted by molar-refractivity contribution is 6.34. The van der Waals surface area contributed by atoms with Gasteiger partial charge in [0.15, 0.2) is 11.6 Å². The molecular weight excluding hydrogens is 340 g/mol. The van der Waals surface area contributed by atoms with Crippen molar-refractivity contribution < 1.29 is 13.6 Å². The number of carbonyl (C=O) groups excluding carboxylic acids is 1. The molecule has 0 unspecified atom stereocenters. The summed E-state index contributed by atoms with van der Waals surface area (Å²) in [5.74, 6) is -3.02. The number of nitrogens with zero attached hydrogens (tertiary/aromatic N) is 2. The average Bonchev–Trinajstić information content (AvgIpc) is 2.54. The van der Waals surface area contributed by atoms with Crippen molar-refractivity contribution in [3.05, 3.63) is 74.8 Å². The zero-order chi connectivity index (χ0) is 17.4. The monoisotopic (exact) mass is 349 g/mol. The van der Waals surface area contributed by atoms with Crippen LogP contribution in [-0.4, -0.2) is 15.6 Å². The van der Waals surface area contributed by atoms with E-state index in [1.807, 2.05) is 0 Å². The molecule has 1 aromatic heterocycles. The Labute approximate surface area is 139 Å². The van der Waals surface area contributed by atoms with Gasteiger partial charge >= 0.3 is 0 Å². The molecule has 8 heteroatoms. The zero-order valence-corrected chi connectivity index (χ0v) is 13.1. The zero-order valence-electron chi connectivity index (χ0n) is 12.3. The Bertz CT molecular complexity index is 1030. The molecule has 1 amide bonds. The van der Waals surface area contributed by atoms with Gasteiger partial charge in [0.05, 0.1) is 21.5 Å². The van der Waals surface area contributed by atoms with E-state index in [0.717, 1.165) is 4.68 Å². The molecule has 2 aromatic carbocycles. The van der Waals surface area contributed by atoms with Crippen molar-refractivity contribution in [3.8, 4) is 0 Å². The summed E-state index contributed by atoms with van der Waals surface area (Å²) in [6.45, 7) is 1.53. The lowest BCUT2D eigenvalue weighted by Gasteiger charge is -2.12. The van der Waals surface area contributed by atoms with Crippen LogP contribution in [0.2, 0.25) is 5.02 Å². The lowest BCUT2D eigenvalue weighted by molar-refractivity contribution is 0.101. The van der Waals surface area contributed by atoms with Crippen molar-refractivity contribution in [1.29, 1.82) is 0 Å². The first-order valence-electron chi connectivity index (χ1n) is 6.83. The Morgan fingerprint density at radius 2 is 1.88 bits per heavy atom. The summed E-state index contributed by atoms with van der Waals surface area (Å²) in [4.78, 5) is 28.9. The van der Waals surface area contributed by atoms with E-state index in [-0.39, 0.29) is 16.4 Å². The minimum atomic E-state index is -1.22. The first-order chi connectivity index (χ1) is 11.4. The first-order valence-corrected chi connectivity index (χ1v) is 7.20. The third-order valence-corrected chi connectivity index (χ3v) is 3.72. The van der Waals surface area contributed by atoms with E-state index in [2.05, 4.69) is 10.4 Å². The van der Waals surface area contributed by atoms with Crippen LogP contribution in [0.5, 0.6) is 0 Å². The number of amides is 1. The Hall–Kier alpha value is -2.80. The van der Waals surface area contributed by atoms with E-state index in [4.69, 9.17) is 11.6 Å². The number of para-hydroxylation sites is 1. The number of rotatable bonds is 2. The van der Waals surface area contributed by atoms with Crippen LogP contribution in [0.1, 0.15) is 16.2 Å². The number of hydrogen-bond acceptors (Lipinski definition) is 3. The standard InChI is InChI=1S/C16H10ClF2N3O2/c1-8-20-14-5-3-2-4-9(14)16(24)22(8)21-15(23)10-6-12(18)13(19)7-11(10)17/h2-7H,1H3,(H,21,23). The molecule has 3 rings (SSSR count). The van der Waals surface area contributed by atoms with Crippen LogP contribution >= 0.6 is 11.6 Å². The molecule has 0 aliphatic rings. The van der Waals surface area contributed by atoms with Crippen LogP contribution in [-0.2, 0) is 0 Å². The van der Waals surface area contributed by atoms with Crippen LogP contribution in [0.4, 0.5) is 8.78 Å². The number of halogens is 3. The molecule has 1 N–H and O–H groups in total. The summed E-state index contributed by atoms with van der Waals surface area (Å²) in [6.07, 6.45) is 0. The van der Waals surface area contributed by atoms with Crippen molar-refractivity contribution in [2.24, 2.45) is 0 Å². The highest BCUT2D eigenvalue weighted by atomic mass is 35.5. The molecule has 122 valence electrons. The maximum atomic E-state index is 13.3. The highest BCUT2D eigenvalue weighted by Crippen LogP contribution is 2.20. The topological polar surface area (TPSA) is 64.0 Å². The van der Waals surface area contributed by atoms with Crippen molar-refractivity contribution in [1.82, 2.24) is 9.66 Å². The van der Waals surface area contributed by atoms with Gasteiger partial charge in [-0.2, -0.15) is 0 Å². The van der Waals surface area contributed by atoms with Crippen LogP contribution in [0.15, 0.2) is 41.2 Å². The number of aromatic nitrogens is 2. The summed E-state index contributed by atoms with van der Waals surface area (Å²) in [5.41, 5.74) is 1.99. The molecule has 0 atom stereocenters. The number of carbonyl (C=O) groups is 1. The number of hydrogen-bond donors (Lipinski definition) is 1. The molecule has 24 heavy (non-hydrogen) atoms. The van der Waals surface area contributed by atoms with Gasteiger partial charge in [0, 0.05) is 0 Å². The predicted octanol–water partition coefficient (Wildman–Crippen LogP) is 3.02. The van der Waals surface area contributed by atoms with Gasteiger partial charge in [0.25, 0.3) is 11.5 Å². The van der Waals surface area contributed by atoms with Crippen LogP contribution < -0.4 is 11.0 Å². The van der Waals surface area contributed by atoms with E-state index in [9.17, 15) is 18.4 Å². The maximum absolute atomic E-state index is 13.3. The highest BCUT2D eigenvalue weighted by Gasteiger charge is 2.17. The molecule has 0 fully saturated rings. The second-order valence-corrected chi connectivity index (χ2v) is 5.41. The number of nitrogens with one attached hydrogen (secondary N) is 1. The van der Waals surface area contributed by atoms with Gasteiger partial charge in [0.1, 0.15) is 5.82 Å². The summed E-state index contributed by atoms with van der Waals surface area (Å²) in [7, 11) is 0. The summed E-state index contributed by atoms with van der Waals surface area (Å²) >= 11 is 5.77. The smallest absolute Gasteiger partial charge is 0.267 e. The number of benzene rings is 2. The average molecular weight is 350 g/mol. The molecule has 3 aromatic rings. The van der Waals surface area contributed by atoms with Gasteiger partial charge in [0.2, 0.25) is 0 Å². The van der Waals surface area contributed by atoms with Gasteiger partial charge in [-0.1, -0.05) is 23.7 Å². The minimum Gasteiger partial charge on any atom is -0.267 e. The van der Waals surface area contributed by atoms with Gasteiger partial charge in [-0.25, -0.2) is 18.4 Å². The molecule has 0 aliphatic carbocycles. The lowest BCUT2D eigenvalue weighted by Crippen LogP contribution is -2.35. The molecule has 5 nitrogen and oxygen atoms in total. The summed E-state index contributed by atoms with van der Waals surface area (Å²) in [5, 5.41) is 0.0330. The fourth-order valence-corrected chi connectivity index (χ4v) is 2.47. The van der Waals surface area contributed by atoms with E-state index < -0.39 is 23.1 Å². The number of fused-ring (bicyclic) bond motifs is 1. The van der Waals surface area contributed by atoms with Crippen molar-refractivity contribution in [3.63, 3.8) is 0 Å². The Morgan fingerprint density at radius 3 is 2.62 bits per heavy atom. The van der Waals surface area contributed by atoms with Crippen LogP contribution in [0.3, 0.4) is 0 Å². The molecular formula is C16H10ClF2N3O2. The number of aryl methyl sites for hydroxylation is 1. The summed E-state index contributed by atoms with van der Waals surface area (Å²) < 4.78 is 27.4. The van der Waals surface area contributed by atoms with E-state index in [0.29, 0.717) is 23.0 Å². The second kappa shape index (κ2) is 6.01. The molecule has 0 saturated carbocycles. The fourth-order valence-electron chi connectivity index (χ4n) is 2.23. The summed E-state index contributed by atoms with van der Waals surface area (Å²) in [6, 6.07) is 8.00. The Balaban J connectivity index is 2.06. The lowest BCUT2D eigenvalue weighted by atomic mass is 10.2. The van der Waals surface area contributed by atoms with Crippen LogP contribution in [0.25, 0.3) is 10.9 Å². The second-order valence-electron chi connectivity index (χ2n) is 5.00. The van der Waals surface area contributed by atoms with Gasteiger partial charge in [-0.3, -0.25) is 15.0 Å². The quantitative estimate of drug-likeness (QED) is 0.723. The maximum Gasteiger partial charge on any atom is 0.280 e. The fraction of sp³-hybridized carbons (Fsp3) is 0.0625. The van der Waals surface area contributed by atoms with Gasteiger partial charge in [-0.05, 0) is 31.2 Å². The third-order valence-electron chi connectivity index (χ3n) is 3.41. The molecule has 0 aliphatic heterocycles. The Kier molecular flexibility index (Phi) is 4.02. The third kappa shape index (κ3) is 2.74. The largest absolute Gasteiger partial charge is 0.280 e. The van der Waals surface area contributed by atoms with Crippen molar-refractivity contribution in [2.45, 2.75) is 6.92 Å². The minimum absolute atomic E-state index is 0.228. The van der Waals surface area contributed by atoms with Crippen molar-refractivity contribution >= 4 is 28.4 Å². The molecule has 0 spiro atoms.